The number of ketones is 1. The topological polar surface area (TPSA) is 132 Å². The quantitative estimate of drug-likeness (QED) is 0.182. The summed E-state index contributed by atoms with van der Waals surface area (Å²) in [5.41, 5.74) is 0.465. The Morgan fingerprint density at radius 2 is 1.89 bits per heavy atom. The Bertz CT molecular complexity index is 1420. The van der Waals surface area contributed by atoms with Gasteiger partial charge in [0.2, 0.25) is 0 Å². The van der Waals surface area contributed by atoms with Gasteiger partial charge in [0.05, 0.1) is 8.89 Å². The number of aliphatic carboxylic acids is 1. The molecule has 0 radical (unpaired) electrons. The maximum Gasteiger partial charge on any atom is 0.326 e. The Kier molecular flexibility index (Phi) is 7.59. The van der Waals surface area contributed by atoms with Crippen molar-refractivity contribution < 1.29 is 24.6 Å². The van der Waals surface area contributed by atoms with Crippen molar-refractivity contribution in [1.29, 1.82) is 0 Å². The third kappa shape index (κ3) is 5.71. The van der Waals surface area contributed by atoms with E-state index in [2.05, 4.69) is 21.7 Å². The van der Waals surface area contributed by atoms with Gasteiger partial charge in [0.25, 0.3) is 5.91 Å². The number of carboxylic acids is 1. The average Bonchev–Trinajstić information content (AvgIpc) is 3.57. The standard InChI is InChI=1S/C27H29N3O5S2/c31-21(22-14-16-13-17(36-27(16)37-22)6-5-15-9-11-28-12-10-15)8-7-20(26(34)35)30-25(33)23-24(32)18-3-1-2-4-19(18)29-23/h1-4,13-15,20,28-29,32H,5-12H2,(H,30,33)(H,34,35)/t20-/m0/s1. The molecule has 0 saturated carbocycles. The number of rotatable bonds is 10. The molecule has 1 atom stereocenters. The second-order valence-electron chi connectivity index (χ2n) is 9.52. The molecule has 8 nitrogen and oxygen atoms in total. The number of carbonyl (C=O) groups excluding carboxylic acids is 2. The van der Waals surface area contributed by atoms with Crippen LogP contribution in [0.4, 0.5) is 0 Å². The fourth-order valence-electron chi connectivity index (χ4n) is 4.85. The van der Waals surface area contributed by atoms with Crippen LogP contribution in [0.5, 0.6) is 5.75 Å². The molecule has 4 aromatic rings. The molecule has 0 aliphatic carbocycles. The van der Waals surface area contributed by atoms with Gasteiger partial charge in [-0.05, 0) is 75.4 Å². The van der Waals surface area contributed by atoms with Gasteiger partial charge < -0.3 is 25.8 Å². The molecule has 10 heteroatoms. The van der Waals surface area contributed by atoms with Crippen LogP contribution in [-0.2, 0) is 11.2 Å². The lowest BCUT2D eigenvalue weighted by molar-refractivity contribution is -0.139. The molecule has 1 fully saturated rings. The summed E-state index contributed by atoms with van der Waals surface area (Å²) in [5.74, 6) is -1.56. The Balaban J connectivity index is 1.18. The molecule has 5 N–H and O–H groups in total. The molecule has 1 amide bonds. The van der Waals surface area contributed by atoms with Crippen LogP contribution in [0.15, 0.2) is 36.4 Å². The molecule has 0 unspecified atom stereocenters. The lowest BCUT2D eigenvalue weighted by Crippen LogP contribution is -2.41. The SMILES string of the molecule is O=C(CC[C@H](NC(=O)c1[nH]c2ccccc2c1O)C(=O)O)c1cc2cc(CCC3CCNCC3)sc2s1. The zero-order valence-corrected chi connectivity index (χ0v) is 21.8. The van der Waals surface area contributed by atoms with Gasteiger partial charge in [0.15, 0.2) is 11.5 Å². The van der Waals surface area contributed by atoms with Crippen LogP contribution in [0.25, 0.3) is 20.3 Å². The van der Waals surface area contributed by atoms with Crippen LogP contribution in [-0.4, -0.2) is 52.0 Å². The number of carbonyl (C=O) groups is 3. The van der Waals surface area contributed by atoms with Crippen LogP contribution in [0.2, 0.25) is 0 Å². The molecule has 37 heavy (non-hydrogen) atoms. The number of piperidine rings is 1. The van der Waals surface area contributed by atoms with Gasteiger partial charge in [0, 0.05) is 27.6 Å². The fraction of sp³-hybridized carbons (Fsp3) is 0.370. The molecule has 0 spiro atoms. The molecule has 1 saturated heterocycles. The molecule has 1 aromatic carbocycles. The number of fused-ring (bicyclic) bond motifs is 2. The number of amides is 1. The number of para-hydroxylation sites is 1. The van der Waals surface area contributed by atoms with Crippen LogP contribution in [0.3, 0.4) is 0 Å². The lowest BCUT2D eigenvalue weighted by Gasteiger charge is -2.22. The molecule has 3 aromatic heterocycles. The first-order chi connectivity index (χ1) is 17.9. The van der Waals surface area contributed by atoms with E-state index in [1.807, 2.05) is 6.07 Å². The van der Waals surface area contributed by atoms with Gasteiger partial charge in [-0.15, -0.1) is 22.7 Å². The van der Waals surface area contributed by atoms with Gasteiger partial charge in [0.1, 0.15) is 11.7 Å². The molecule has 194 valence electrons. The Labute approximate surface area is 221 Å². The molecular formula is C27H29N3O5S2. The van der Waals surface area contributed by atoms with Crippen molar-refractivity contribution in [3.8, 4) is 5.75 Å². The number of H-pyrrole nitrogens is 1. The van der Waals surface area contributed by atoms with E-state index in [1.54, 1.807) is 35.6 Å². The number of thiophene rings is 2. The second kappa shape index (κ2) is 11.0. The fourth-order valence-corrected chi connectivity index (χ4v) is 7.32. The summed E-state index contributed by atoms with van der Waals surface area (Å²) in [6, 6.07) is 9.66. The first-order valence-corrected chi connectivity index (χ1v) is 14.1. The highest BCUT2D eigenvalue weighted by Gasteiger charge is 2.25. The molecule has 4 heterocycles. The van der Waals surface area contributed by atoms with E-state index < -0.39 is 17.9 Å². The summed E-state index contributed by atoms with van der Waals surface area (Å²) in [6.45, 7) is 2.21. The minimum Gasteiger partial charge on any atom is -0.505 e. The predicted octanol–water partition coefficient (Wildman–Crippen LogP) is 4.93. The number of aryl methyl sites for hydroxylation is 1. The molecule has 0 bridgehead atoms. The lowest BCUT2D eigenvalue weighted by atomic mass is 9.93. The van der Waals surface area contributed by atoms with Crippen molar-refractivity contribution >= 4 is 60.6 Å². The van der Waals surface area contributed by atoms with E-state index in [9.17, 15) is 24.6 Å². The normalized spacial score (nSPS) is 15.2. The number of nitrogens with one attached hydrogen (secondary N) is 3. The Morgan fingerprint density at radius 1 is 1.11 bits per heavy atom. The number of hydrogen-bond acceptors (Lipinski definition) is 7. The van der Waals surface area contributed by atoms with Crippen LogP contribution in [0.1, 0.15) is 57.1 Å². The molecule has 5 rings (SSSR count). The number of aromatic nitrogens is 1. The largest absolute Gasteiger partial charge is 0.505 e. The third-order valence-electron chi connectivity index (χ3n) is 6.97. The first kappa shape index (κ1) is 25.4. The molecular weight excluding hydrogens is 510 g/mol. The van der Waals surface area contributed by atoms with Crippen molar-refractivity contribution in [2.24, 2.45) is 5.92 Å². The van der Waals surface area contributed by atoms with Crippen molar-refractivity contribution in [3.63, 3.8) is 0 Å². The van der Waals surface area contributed by atoms with Gasteiger partial charge in [-0.25, -0.2) is 4.79 Å². The van der Waals surface area contributed by atoms with Gasteiger partial charge in [-0.3, -0.25) is 9.59 Å². The molecule has 1 aliphatic heterocycles. The number of carboxylic acid groups (broad SMARTS) is 1. The first-order valence-electron chi connectivity index (χ1n) is 12.5. The maximum atomic E-state index is 12.8. The van der Waals surface area contributed by atoms with Crippen LogP contribution >= 0.6 is 22.7 Å². The summed E-state index contributed by atoms with van der Waals surface area (Å²) in [4.78, 5) is 42.1. The van der Waals surface area contributed by atoms with E-state index in [0.717, 1.165) is 34.8 Å². The van der Waals surface area contributed by atoms with Gasteiger partial charge in [-0.2, -0.15) is 0 Å². The van der Waals surface area contributed by atoms with Crippen molar-refractivity contribution in [1.82, 2.24) is 15.6 Å². The van der Waals surface area contributed by atoms with E-state index in [0.29, 0.717) is 15.8 Å². The number of aromatic amines is 1. The maximum absolute atomic E-state index is 12.8. The Morgan fingerprint density at radius 3 is 2.62 bits per heavy atom. The summed E-state index contributed by atoms with van der Waals surface area (Å²) in [6.07, 6.45) is 4.67. The van der Waals surface area contributed by atoms with Gasteiger partial charge in [-0.1, -0.05) is 12.1 Å². The third-order valence-corrected chi connectivity index (χ3v) is 9.46. The minimum absolute atomic E-state index is 0.00766. The van der Waals surface area contributed by atoms with Crippen molar-refractivity contribution in [2.75, 3.05) is 13.1 Å². The van der Waals surface area contributed by atoms with Gasteiger partial charge >= 0.3 is 5.97 Å². The average molecular weight is 540 g/mol. The summed E-state index contributed by atoms with van der Waals surface area (Å²) in [7, 11) is 0. The second-order valence-corrected chi connectivity index (χ2v) is 12.0. The van der Waals surface area contributed by atoms with Crippen molar-refractivity contribution in [3.05, 3.63) is 51.8 Å². The highest BCUT2D eigenvalue weighted by atomic mass is 32.2. The zero-order chi connectivity index (χ0) is 25.9. The van der Waals surface area contributed by atoms with E-state index in [-0.39, 0.29) is 30.1 Å². The minimum atomic E-state index is -1.26. The van der Waals surface area contributed by atoms with E-state index in [4.69, 9.17) is 0 Å². The highest BCUT2D eigenvalue weighted by molar-refractivity contribution is 7.39. The van der Waals surface area contributed by atoms with Crippen molar-refractivity contribution in [2.45, 2.75) is 44.6 Å². The number of hydrogen-bond donors (Lipinski definition) is 5. The van der Waals surface area contributed by atoms with Crippen LogP contribution in [0, 0.1) is 5.92 Å². The highest BCUT2D eigenvalue weighted by Crippen LogP contribution is 2.35. The zero-order valence-electron chi connectivity index (χ0n) is 20.2. The summed E-state index contributed by atoms with van der Waals surface area (Å²) < 4.78 is 1.11. The number of Topliss-reactive ketones (excluding diaryl/α,β-unsaturated/α-hetero) is 1. The predicted molar refractivity (Wildman–Crippen MR) is 146 cm³/mol. The smallest absolute Gasteiger partial charge is 0.326 e. The summed E-state index contributed by atoms with van der Waals surface area (Å²) in [5, 5.41) is 27.3. The molecule has 1 aliphatic rings. The Hall–Kier alpha value is -3.21. The monoisotopic (exact) mass is 539 g/mol. The number of benzene rings is 1. The van der Waals surface area contributed by atoms with Crippen LogP contribution < -0.4 is 10.6 Å². The number of aromatic hydroxyl groups is 1. The van der Waals surface area contributed by atoms with E-state index >= 15 is 0 Å². The summed E-state index contributed by atoms with van der Waals surface area (Å²) >= 11 is 3.18. The van der Waals surface area contributed by atoms with E-state index in [1.165, 1.54) is 35.5 Å².